The lowest BCUT2D eigenvalue weighted by Crippen LogP contribution is -2.29. The normalized spacial score (nSPS) is 15.6. The monoisotopic (exact) mass is 316 g/mol. The molecule has 1 aromatic heterocycles. The highest BCUT2D eigenvalue weighted by Crippen LogP contribution is 2.28. The van der Waals surface area contributed by atoms with Crippen LogP contribution in [0.15, 0.2) is 9.31 Å². The van der Waals surface area contributed by atoms with Gasteiger partial charge in [0.2, 0.25) is 10.0 Å². The molecule has 1 heterocycles. The van der Waals surface area contributed by atoms with Gasteiger partial charge < -0.3 is 14.5 Å². The molecule has 2 N–H and O–H groups in total. The van der Waals surface area contributed by atoms with Crippen molar-refractivity contribution in [3.8, 4) is 0 Å². The lowest BCUT2D eigenvalue weighted by atomic mass is 10.2. The van der Waals surface area contributed by atoms with Gasteiger partial charge in [0.05, 0.1) is 6.61 Å². The van der Waals surface area contributed by atoms with E-state index in [1.165, 1.54) is 0 Å². The average molecular weight is 316 g/mol. The van der Waals surface area contributed by atoms with Crippen LogP contribution < -0.4 is 10.0 Å². The molecule has 0 radical (unpaired) electrons. The van der Waals surface area contributed by atoms with Gasteiger partial charge in [-0.1, -0.05) is 0 Å². The van der Waals surface area contributed by atoms with Crippen LogP contribution in [0.2, 0.25) is 0 Å². The van der Waals surface area contributed by atoms with Gasteiger partial charge >= 0.3 is 0 Å². The molecule has 0 amide bonds. The number of sulfonamides is 1. The number of rotatable bonds is 9. The summed E-state index contributed by atoms with van der Waals surface area (Å²) in [5.41, 5.74) is 0.725. The number of nitrogens with one attached hydrogen (secondary N) is 2. The van der Waals surface area contributed by atoms with Crippen molar-refractivity contribution >= 4 is 10.0 Å². The number of hydrogen-bond acceptors (Lipinski definition) is 5. The van der Waals surface area contributed by atoms with Crippen LogP contribution in [0.3, 0.4) is 0 Å². The van der Waals surface area contributed by atoms with Crippen molar-refractivity contribution in [3.05, 3.63) is 17.1 Å². The van der Waals surface area contributed by atoms with E-state index in [1.54, 1.807) is 13.8 Å². The van der Waals surface area contributed by atoms with Crippen LogP contribution in [-0.4, -0.2) is 34.2 Å². The van der Waals surface area contributed by atoms with Gasteiger partial charge in [-0.15, -0.1) is 0 Å². The van der Waals surface area contributed by atoms with Crippen LogP contribution in [0.5, 0.6) is 0 Å². The zero-order chi connectivity index (χ0) is 15.5. The predicted molar refractivity (Wildman–Crippen MR) is 79.7 cm³/mol. The van der Waals surface area contributed by atoms with Crippen molar-refractivity contribution in [1.82, 2.24) is 10.0 Å². The Labute approximate surface area is 126 Å². The van der Waals surface area contributed by atoms with Gasteiger partial charge in [0, 0.05) is 31.3 Å². The van der Waals surface area contributed by atoms with E-state index in [2.05, 4.69) is 10.0 Å². The first-order valence-corrected chi connectivity index (χ1v) is 8.83. The quantitative estimate of drug-likeness (QED) is 0.674. The van der Waals surface area contributed by atoms with E-state index in [9.17, 15) is 8.42 Å². The van der Waals surface area contributed by atoms with Crippen LogP contribution in [0, 0.1) is 13.8 Å². The zero-order valence-corrected chi connectivity index (χ0v) is 13.7. The number of hydrogen-bond donors (Lipinski definition) is 2. The predicted octanol–water partition coefficient (Wildman–Crippen LogP) is 1.46. The second kappa shape index (κ2) is 6.91. The highest BCUT2D eigenvalue weighted by Gasteiger charge is 2.28. The molecule has 1 saturated carbocycles. The third-order valence-electron chi connectivity index (χ3n) is 3.48. The van der Waals surface area contributed by atoms with Crippen LogP contribution in [0.25, 0.3) is 0 Å². The summed E-state index contributed by atoms with van der Waals surface area (Å²) in [5.74, 6) is 1.09. The smallest absolute Gasteiger partial charge is 0.244 e. The summed E-state index contributed by atoms with van der Waals surface area (Å²) in [6, 6.07) is 0.515. The van der Waals surface area contributed by atoms with Crippen LogP contribution >= 0.6 is 0 Å². The first-order valence-electron chi connectivity index (χ1n) is 7.35. The van der Waals surface area contributed by atoms with Crippen LogP contribution in [-0.2, 0) is 21.3 Å². The molecule has 0 bridgehead atoms. The van der Waals surface area contributed by atoms with Gasteiger partial charge in [0.1, 0.15) is 16.4 Å². The highest BCUT2D eigenvalue weighted by molar-refractivity contribution is 7.89. The standard InChI is InChI=1S/C14H24N2O4S/c1-4-19-8-7-16-21(17,18)14-11(3)20-10(2)13(14)9-15-12-5-6-12/h12,15-16H,4-9H2,1-3H3. The van der Waals surface area contributed by atoms with Gasteiger partial charge in [0.25, 0.3) is 0 Å². The molecule has 1 fully saturated rings. The third kappa shape index (κ3) is 4.29. The van der Waals surface area contributed by atoms with E-state index >= 15 is 0 Å². The zero-order valence-electron chi connectivity index (χ0n) is 12.9. The van der Waals surface area contributed by atoms with Crippen molar-refractivity contribution in [2.45, 2.75) is 51.1 Å². The SMILES string of the molecule is CCOCCNS(=O)(=O)c1c(C)oc(C)c1CNC1CC1. The number of aryl methyl sites for hydroxylation is 2. The molecule has 21 heavy (non-hydrogen) atoms. The maximum absolute atomic E-state index is 12.5. The maximum atomic E-state index is 12.5. The van der Waals surface area contributed by atoms with Crippen LogP contribution in [0.4, 0.5) is 0 Å². The Bertz CT molecular complexity index is 576. The highest BCUT2D eigenvalue weighted by atomic mass is 32.2. The van der Waals surface area contributed by atoms with Crippen molar-refractivity contribution in [1.29, 1.82) is 0 Å². The van der Waals surface area contributed by atoms with Gasteiger partial charge in [-0.2, -0.15) is 0 Å². The van der Waals surface area contributed by atoms with Crippen molar-refractivity contribution < 1.29 is 17.6 Å². The van der Waals surface area contributed by atoms with E-state index in [0.29, 0.717) is 37.3 Å². The first-order chi connectivity index (χ1) is 9.95. The average Bonchev–Trinajstić information content (AvgIpc) is 3.18. The third-order valence-corrected chi connectivity index (χ3v) is 5.14. The molecule has 1 aliphatic rings. The topological polar surface area (TPSA) is 80.6 Å². The Morgan fingerprint density at radius 1 is 1.29 bits per heavy atom. The Morgan fingerprint density at radius 2 is 2.00 bits per heavy atom. The van der Waals surface area contributed by atoms with Crippen molar-refractivity contribution in [3.63, 3.8) is 0 Å². The van der Waals surface area contributed by atoms with Crippen LogP contribution in [0.1, 0.15) is 36.8 Å². The summed E-state index contributed by atoms with van der Waals surface area (Å²) in [5, 5.41) is 3.34. The number of furan rings is 1. The maximum Gasteiger partial charge on any atom is 0.244 e. The van der Waals surface area contributed by atoms with E-state index in [-0.39, 0.29) is 11.4 Å². The Kier molecular flexibility index (Phi) is 5.43. The number of ether oxygens (including phenoxy) is 1. The lowest BCUT2D eigenvalue weighted by molar-refractivity contribution is 0.153. The van der Waals surface area contributed by atoms with E-state index < -0.39 is 10.0 Å². The van der Waals surface area contributed by atoms with Gasteiger partial charge in [-0.3, -0.25) is 0 Å². The Hall–Kier alpha value is -0.890. The molecule has 7 heteroatoms. The fourth-order valence-electron chi connectivity index (χ4n) is 2.26. The fourth-order valence-corrected chi connectivity index (χ4v) is 3.72. The summed E-state index contributed by atoms with van der Waals surface area (Å²) in [6.45, 7) is 7.08. The molecule has 120 valence electrons. The molecule has 1 aliphatic carbocycles. The molecular formula is C14H24N2O4S. The van der Waals surface area contributed by atoms with Crippen molar-refractivity contribution in [2.75, 3.05) is 19.8 Å². The Morgan fingerprint density at radius 3 is 2.62 bits per heavy atom. The summed E-state index contributed by atoms with van der Waals surface area (Å²) in [6.07, 6.45) is 2.31. The minimum Gasteiger partial charge on any atom is -0.465 e. The summed E-state index contributed by atoms with van der Waals surface area (Å²) >= 11 is 0. The summed E-state index contributed by atoms with van der Waals surface area (Å²) < 4.78 is 38.2. The minimum absolute atomic E-state index is 0.259. The summed E-state index contributed by atoms with van der Waals surface area (Å²) in [4.78, 5) is 0.268. The van der Waals surface area contributed by atoms with E-state index in [1.807, 2.05) is 6.92 Å². The summed E-state index contributed by atoms with van der Waals surface area (Å²) in [7, 11) is -3.57. The molecule has 0 aliphatic heterocycles. The molecule has 0 spiro atoms. The second-order valence-electron chi connectivity index (χ2n) is 5.27. The molecule has 0 atom stereocenters. The molecule has 0 unspecified atom stereocenters. The Balaban J connectivity index is 2.11. The lowest BCUT2D eigenvalue weighted by Gasteiger charge is -2.09. The minimum atomic E-state index is -3.57. The first kappa shape index (κ1) is 16.5. The second-order valence-corrected chi connectivity index (χ2v) is 6.98. The molecule has 2 rings (SSSR count). The molecule has 0 saturated heterocycles. The molecule has 6 nitrogen and oxygen atoms in total. The van der Waals surface area contributed by atoms with Gasteiger partial charge in [0.15, 0.2) is 0 Å². The largest absolute Gasteiger partial charge is 0.465 e. The molecular weight excluding hydrogens is 292 g/mol. The van der Waals surface area contributed by atoms with E-state index in [4.69, 9.17) is 9.15 Å². The van der Waals surface area contributed by atoms with Crippen molar-refractivity contribution in [2.24, 2.45) is 0 Å². The van der Waals surface area contributed by atoms with E-state index in [0.717, 1.165) is 18.4 Å². The van der Waals surface area contributed by atoms with Gasteiger partial charge in [-0.05, 0) is 33.6 Å². The molecule has 1 aromatic rings. The fraction of sp³-hybridized carbons (Fsp3) is 0.714. The molecule has 0 aromatic carbocycles. The van der Waals surface area contributed by atoms with Gasteiger partial charge in [-0.25, -0.2) is 13.1 Å².